The van der Waals surface area contributed by atoms with Gasteiger partial charge in [-0.3, -0.25) is 9.59 Å². The van der Waals surface area contributed by atoms with Crippen LogP contribution in [0.2, 0.25) is 0 Å². The normalized spacial score (nSPS) is 12.9. The summed E-state index contributed by atoms with van der Waals surface area (Å²) in [5.41, 5.74) is 0. The Morgan fingerprint density at radius 1 is 0.384 bits per heavy atom. The first-order valence-electron chi connectivity index (χ1n) is 32.4. The number of carbonyl (C=O) groups excluding carboxylic acids is 2. The van der Waals surface area contributed by atoms with Gasteiger partial charge in [0.25, 0.3) is 0 Å². The fraction of sp³-hybridized carbons (Fsp3) is 0.851. The smallest absolute Gasteiger partial charge is 0.305 e. The number of hydrogen-bond donors (Lipinski definition) is 3. The van der Waals surface area contributed by atoms with Gasteiger partial charge in [-0.15, -0.1) is 0 Å². The van der Waals surface area contributed by atoms with Crippen molar-refractivity contribution in [2.45, 2.75) is 353 Å². The van der Waals surface area contributed by atoms with Crippen LogP contribution in [-0.4, -0.2) is 47.4 Å². The minimum atomic E-state index is -0.852. The molecule has 1 amide bonds. The van der Waals surface area contributed by atoms with Gasteiger partial charge in [-0.25, -0.2) is 0 Å². The van der Waals surface area contributed by atoms with Crippen molar-refractivity contribution in [2.24, 2.45) is 0 Å². The van der Waals surface area contributed by atoms with Crippen molar-refractivity contribution in [1.29, 1.82) is 0 Å². The molecule has 0 aromatic heterocycles. The third-order valence-corrected chi connectivity index (χ3v) is 14.8. The Hall–Kier alpha value is -2.18. The Bertz CT molecular complexity index is 1230. The van der Waals surface area contributed by atoms with Crippen molar-refractivity contribution in [2.75, 3.05) is 13.2 Å². The SMILES string of the molecule is CCCCCCCC/C=C\CCCCCCCC(=O)OCCCCCCCCCCC/C=C\C/C=C\CCCCCCCCCC(=O)NC(CO)C(O)/C=C/CCCCCCCCCCCCCCCCCC. The maximum atomic E-state index is 12.5. The molecule has 428 valence electrons. The van der Waals surface area contributed by atoms with E-state index in [0.717, 1.165) is 64.2 Å². The average molecular weight is 1020 g/mol. The fourth-order valence-electron chi connectivity index (χ4n) is 9.84. The monoisotopic (exact) mass is 1020 g/mol. The van der Waals surface area contributed by atoms with Gasteiger partial charge in [0.2, 0.25) is 5.91 Å². The quantitative estimate of drug-likeness (QED) is 0.0320. The molecule has 3 N–H and O–H groups in total. The number of nitrogens with one attached hydrogen (secondary N) is 1. The molecule has 0 aliphatic rings. The second-order valence-corrected chi connectivity index (χ2v) is 22.1. The van der Waals surface area contributed by atoms with Gasteiger partial charge >= 0.3 is 5.97 Å². The average Bonchev–Trinajstić information content (AvgIpc) is 3.39. The summed E-state index contributed by atoms with van der Waals surface area (Å²) in [6, 6.07) is -0.637. The Morgan fingerprint density at radius 2 is 0.685 bits per heavy atom. The second kappa shape index (κ2) is 62.4. The van der Waals surface area contributed by atoms with Gasteiger partial charge < -0.3 is 20.3 Å². The van der Waals surface area contributed by atoms with Crippen LogP contribution in [0.15, 0.2) is 48.6 Å². The lowest BCUT2D eigenvalue weighted by molar-refractivity contribution is -0.143. The molecular weight excluding hydrogens is 899 g/mol. The zero-order valence-corrected chi connectivity index (χ0v) is 48.9. The molecule has 6 nitrogen and oxygen atoms in total. The first-order chi connectivity index (χ1) is 36.0. The number of rotatable bonds is 60. The van der Waals surface area contributed by atoms with Crippen LogP contribution in [0.4, 0.5) is 0 Å². The van der Waals surface area contributed by atoms with Crippen molar-refractivity contribution in [3.8, 4) is 0 Å². The van der Waals surface area contributed by atoms with E-state index in [1.54, 1.807) is 6.08 Å². The number of ether oxygens (including phenoxy) is 1. The van der Waals surface area contributed by atoms with Crippen molar-refractivity contribution >= 4 is 11.9 Å². The van der Waals surface area contributed by atoms with Crippen molar-refractivity contribution in [3.63, 3.8) is 0 Å². The van der Waals surface area contributed by atoms with Gasteiger partial charge in [-0.1, -0.05) is 287 Å². The number of carbonyl (C=O) groups is 2. The topological polar surface area (TPSA) is 95.9 Å². The third-order valence-electron chi connectivity index (χ3n) is 14.8. The van der Waals surface area contributed by atoms with E-state index in [-0.39, 0.29) is 18.5 Å². The lowest BCUT2D eigenvalue weighted by atomic mass is 10.0. The second-order valence-electron chi connectivity index (χ2n) is 22.1. The molecule has 0 aromatic carbocycles. The molecule has 0 bridgehead atoms. The van der Waals surface area contributed by atoms with Gasteiger partial charge in [0.05, 0.1) is 25.4 Å². The largest absolute Gasteiger partial charge is 0.466 e. The van der Waals surface area contributed by atoms with Crippen molar-refractivity contribution < 1.29 is 24.5 Å². The highest BCUT2D eigenvalue weighted by molar-refractivity contribution is 5.76. The number of aliphatic hydroxyl groups is 2. The van der Waals surface area contributed by atoms with E-state index in [0.29, 0.717) is 19.4 Å². The van der Waals surface area contributed by atoms with E-state index in [1.807, 2.05) is 6.08 Å². The van der Waals surface area contributed by atoms with Crippen LogP contribution in [0.1, 0.15) is 341 Å². The Kier molecular flexibility index (Phi) is 60.5. The van der Waals surface area contributed by atoms with E-state index >= 15 is 0 Å². The summed E-state index contributed by atoms with van der Waals surface area (Å²) in [7, 11) is 0. The number of unbranched alkanes of at least 4 members (excludes halogenated alkanes) is 43. The molecule has 0 rings (SSSR count). The summed E-state index contributed by atoms with van der Waals surface area (Å²) in [4.78, 5) is 24.5. The fourth-order valence-corrected chi connectivity index (χ4v) is 9.84. The first-order valence-corrected chi connectivity index (χ1v) is 32.4. The lowest BCUT2D eigenvalue weighted by Crippen LogP contribution is -2.45. The summed E-state index contributed by atoms with van der Waals surface area (Å²) in [5, 5.41) is 23.2. The number of aliphatic hydroxyl groups excluding tert-OH is 2. The highest BCUT2D eigenvalue weighted by atomic mass is 16.5. The molecule has 0 saturated carbocycles. The summed E-state index contributed by atoms with van der Waals surface area (Å²) in [6.07, 6.45) is 80.1. The van der Waals surface area contributed by atoms with Gasteiger partial charge in [0, 0.05) is 12.8 Å². The molecule has 73 heavy (non-hydrogen) atoms. The zero-order chi connectivity index (χ0) is 52.9. The third kappa shape index (κ3) is 58.9. The first kappa shape index (κ1) is 70.8. The molecule has 0 radical (unpaired) electrons. The molecule has 0 aliphatic carbocycles. The van der Waals surface area contributed by atoms with Crippen LogP contribution < -0.4 is 5.32 Å². The summed E-state index contributed by atoms with van der Waals surface area (Å²) in [6.45, 7) is 4.90. The standard InChI is InChI=1S/C67H125NO5/c1-3-5-7-9-11-13-15-17-19-20-28-32-35-39-43-47-51-55-59-65(70)64(63-69)68-66(71)60-56-52-48-44-40-36-33-29-26-24-22-21-23-25-27-30-34-38-42-46-50-54-58-62-73-67(72)61-57-53-49-45-41-37-31-18-16-14-12-10-8-6-4-2/h18,21,23-24,26,31,55,59,64-65,69-70H,3-17,19-20,22,25,27-30,32-54,56-58,60-63H2,1-2H3,(H,68,71)/b23-21-,26-24-,31-18-,59-55+. The minimum absolute atomic E-state index is 0.00151. The molecule has 6 heteroatoms. The van der Waals surface area contributed by atoms with E-state index < -0.39 is 12.1 Å². The number of hydrogen-bond acceptors (Lipinski definition) is 5. The van der Waals surface area contributed by atoms with Crippen LogP contribution in [0.25, 0.3) is 0 Å². The van der Waals surface area contributed by atoms with Gasteiger partial charge in [0.15, 0.2) is 0 Å². The summed E-state index contributed by atoms with van der Waals surface area (Å²) >= 11 is 0. The highest BCUT2D eigenvalue weighted by Crippen LogP contribution is 2.17. The van der Waals surface area contributed by atoms with Crippen LogP contribution in [0, 0.1) is 0 Å². The highest BCUT2D eigenvalue weighted by Gasteiger charge is 2.18. The van der Waals surface area contributed by atoms with Crippen molar-refractivity contribution in [1.82, 2.24) is 5.32 Å². The summed E-state index contributed by atoms with van der Waals surface area (Å²) < 4.78 is 5.48. The molecule has 0 heterocycles. The van der Waals surface area contributed by atoms with Gasteiger partial charge in [0.1, 0.15) is 0 Å². The van der Waals surface area contributed by atoms with Crippen LogP contribution >= 0.6 is 0 Å². The van der Waals surface area contributed by atoms with E-state index in [9.17, 15) is 19.8 Å². The number of allylic oxidation sites excluding steroid dienone is 7. The zero-order valence-electron chi connectivity index (χ0n) is 48.9. The van der Waals surface area contributed by atoms with E-state index in [1.165, 1.54) is 250 Å². The molecule has 0 saturated heterocycles. The minimum Gasteiger partial charge on any atom is -0.466 e. The van der Waals surface area contributed by atoms with Crippen LogP contribution in [0.5, 0.6) is 0 Å². The molecule has 0 spiro atoms. The Labute approximate surface area is 455 Å². The Morgan fingerprint density at radius 3 is 1.05 bits per heavy atom. The molecule has 0 fully saturated rings. The number of amides is 1. The van der Waals surface area contributed by atoms with Crippen LogP contribution in [0.3, 0.4) is 0 Å². The van der Waals surface area contributed by atoms with Crippen LogP contribution in [-0.2, 0) is 14.3 Å². The Balaban J connectivity index is 3.48. The van der Waals surface area contributed by atoms with Gasteiger partial charge in [-0.05, 0) is 89.9 Å². The lowest BCUT2D eigenvalue weighted by Gasteiger charge is -2.20. The molecule has 2 atom stereocenters. The predicted octanol–water partition coefficient (Wildman–Crippen LogP) is 20.5. The maximum absolute atomic E-state index is 12.5. The number of esters is 1. The molecule has 2 unspecified atom stereocenters. The maximum Gasteiger partial charge on any atom is 0.305 e. The summed E-state index contributed by atoms with van der Waals surface area (Å²) in [5.74, 6) is -0.0784. The van der Waals surface area contributed by atoms with E-state index in [2.05, 4.69) is 55.6 Å². The predicted molar refractivity (Wildman–Crippen MR) is 319 cm³/mol. The molecule has 0 aromatic rings. The molecular formula is C67H125NO5. The van der Waals surface area contributed by atoms with Gasteiger partial charge in [-0.2, -0.15) is 0 Å². The molecule has 0 aliphatic heterocycles. The van der Waals surface area contributed by atoms with E-state index in [4.69, 9.17) is 4.74 Å². The van der Waals surface area contributed by atoms with Crippen molar-refractivity contribution in [3.05, 3.63) is 48.6 Å².